The largest absolute Gasteiger partial charge is 0.397 e. The molecule has 9 heteroatoms. The van der Waals surface area contributed by atoms with E-state index in [4.69, 9.17) is 40.9 Å². The molecular weight excluding hydrogens is 416 g/mol. The molecule has 0 aromatic heterocycles. The van der Waals surface area contributed by atoms with Crippen LogP contribution in [0.4, 0.5) is 0 Å². The van der Waals surface area contributed by atoms with Crippen LogP contribution in [-0.2, 0) is 21.7 Å². The van der Waals surface area contributed by atoms with E-state index in [-0.39, 0.29) is 72.6 Å². The van der Waals surface area contributed by atoms with Gasteiger partial charge in [0, 0.05) is 72.6 Å². The number of aliphatic hydroxyl groups excluding tert-OH is 8. The van der Waals surface area contributed by atoms with Crippen LogP contribution in [0.15, 0.2) is 0 Å². The Morgan fingerprint density at radius 1 is 0.379 bits per heavy atom. The first-order valence-corrected chi connectivity index (χ1v) is 9.74. The number of aliphatic hydroxyl groups is 8. The van der Waals surface area contributed by atoms with Crippen LogP contribution in [0.3, 0.4) is 0 Å². The Kier molecular flexibility index (Phi) is 156. The molecule has 0 aliphatic rings. The van der Waals surface area contributed by atoms with Gasteiger partial charge in [0.25, 0.3) is 0 Å². The molecule has 188 valence electrons. The van der Waals surface area contributed by atoms with Gasteiger partial charge in [-0.3, -0.25) is 0 Å². The third-order valence-corrected chi connectivity index (χ3v) is 0. The second-order valence-electron chi connectivity index (χ2n) is 5.64. The smallest absolute Gasteiger partial charge is 0.0483 e. The molecule has 0 saturated carbocycles. The van der Waals surface area contributed by atoms with Crippen LogP contribution in [-0.4, -0.2) is 91.7 Å². The first-order valence-electron chi connectivity index (χ1n) is 9.74. The molecule has 0 aromatic rings. The first kappa shape index (κ1) is 57.0. The first-order chi connectivity index (χ1) is 12.6. The van der Waals surface area contributed by atoms with Gasteiger partial charge in [-0.05, 0) is 83.1 Å². The predicted octanol–water partition coefficient (Wildman–Crippen LogP) is 1.54. The average molecular weight is 473 g/mol. The second-order valence-corrected chi connectivity index (χ2v) is 5.64. The van der Waals surface area contributed by atoms with E-state index in [0.29, 0.717) is 0 Å². The second kappa shape index (κ2) is 79.3. The SMILES string of the molecule is CC(C)O.CC(C)O.CC(C)O.CC(C)O.CCO.CCO.CCO.CCO.[Ti]. The van der Waals surface area contributed by atoms with E-state index in [2.05, 4.69) is 0 Å². The van der Waals surface area contributed by atoms with Crippen molar-refractivity contribution in [3.8, 4) is 0 Å². The third-order valence-electron chi connectivity index (χ3n) is 0. The van der Waals surface area contributed by atoms with Gasteiger partial charge in [0.15, 0.2) is 0 Å². The van der Waals surface area contributed by atoms with Crippen molar-refractivity contribution in [2.75, 3.05) is 26.4 Å². The summed E-state index contributed by atoms with van der Waals surface area (Å²) in [6, 6.07) is 0. The van der Waals surface area contributed by atoms with Gasteiger partial charge in [-0.15, -0.1) is 0 Å². The summed E-state index contributed by atoms with van der Waals surface area (Å²) in [5.74, 6) is 0. The van der Waals surface area contributed by atoms with Crippen molar-refractivity contribution in [1.29, 1.82) is 0 Å². The van der Waals surface area contributed by atoms with Crippen LogP contribution in [0.25, 0.3) is 0 Å². The van der Waals surface area contributed by atoms with Crippen molar-refractivity contribution in [2.24, 2.45) is 0 Å². The van der Waals surface area contributed by atoms with E-state index >= 15 is 0 Å². The molecule has 8 nitrogen and oxygen atoms in total. The minimum atomic E-state index is -0.167. The quantitative estimate of drug-likeness (QED) is 0.246. The summed E-state index contributed by atoms with van der Waals surface area (Å²) in [5, 5.41) is 62.5. The summed E-state index contributed by atoms with van der Waals surface area (Å²) >= 11 is 0. The normalized spacial score (nSPS) is 7.45. The van der Waals surface area contributed by atoms with E-state index in [1.807, 2.05) is 0 Å². The van der Waals surface area contributed by atoms with Gasteiger partial charge in [-0.1, -0.05) is 0 Å². The van der Waals surface area contributed by atoms with Gasteiger partial charge in [0.05, 0.1) is 0 Å². The number of rotatable bonds is 0. The van der Waals surface area contributed by atoms with E-state index in [9.17, 15) is 0 Å². The third kappa shape index (κ3) is 127000. The summed E-state index contributed by atoms with van der Waals surface area (Å²) in [6.45, 7) is 21.5. The monoisotopic (exact) mass is 472 g/mol. The molecule has 0 radical (unpaired) electrons. The number of hydrogen-bond acceptors (Lipinski definition) is 8. The van der Waals surface area contributed by atoms with E-state index < -0.39 is 0 Å². The Bertz CT molecular complexity index is 107. The maximum atomic E-state index is 8.06. The molecule has 29 heavy (non-hydrogen) atoms. The predicted molar refractivity (Wildman–Crippen MR) is 120 cm³/mol. The van der Waals surface area contributed by atoms with Gasteiger partial charge in [0.2, 0.25) is 0 Å². The molecule has 0 bridgehead atoms. The Morgan fingerprint density at radius 3 is 0.379 bits per heavy atom. The standard InChI is InChI=1S/4C3H8O.4C2H6O.Ti/c4*1-3(2)4;4*1-2-3;/h4*3-4H,1-2H3;4*3H,2H2,1H3;. The molecule has 0 aliphatic heterocycles. The van der Waals surface area contributed by atoms with Gasteiger partial charge < -0.3 is 40.9 Å². The summed E-state index contributed by atoms with van der Waals surface area (Å²) in [6.07, 6.45) is -0.667. The van der Waals surface area contributed by atoms with E-state index in [0.717, 1.165) is 0 Å². The van der Waals surface area contributed by atoms with Gasteiger partial charge in [-0.25, -0.2) is 0 Å². The fourth-order valence-electron chi connectivity index (χ4n) is 0. The molecular formula is C20H56O8Ti. The Labute approximate surface area is 196 Å². The molecule has 0 spiro atoms. The summed E-state index contributed by atoms with van der Waals surface area (Å²) in [4.78, 5) is 0. The molecule has 0 aromatic carbocycles. The topological polar surface area (TPSA) is 162 Å². The molecule has 8 N–H and O–H groups in total. The zero-order valence-electron chi connectivity index (χ0n) is 21.2. The van der Waals surface area contributed by atoms with Crippen LogP contribution in [0.1, 0.15) is 83.1 Å². The van der Waals surface area contributed by atoms with Gasteiger partial charge in [0.1, 0.15) is 0 Å². The van der Waals surface area contributed by atoms with Gasteiger partial charge in [-0.2, -0.15) is 0 Å². The van der Waals surface area contributed by atoms with E-state index in [1.54, 1.807) is 83.1 Å². The Morgan fingerprint density at radius 2 is 0.379 bits per heavy atom. The minimum absolute atomic E-state index is 0. The molecule has 0 unspecified atom stereocenters. The molecule has 0 saturated heterocycles. The molecule has 0 rings (SSSR count). The van der Waals surface area contributed by atoms with E-state index in [1.165, 1.54) is 0 Å². The molecule has 0 fully saturated rings. The fourth-order valence-corrected chi connectivity index (χ4v) is 0. The van der Waals surface area contributed by atoms with Gasteiger partial charge >= 0.3 is 0 Å². The zero-order chi connectivity index (χ0) is 25.1. The van der Waals surface area contributed by atoms with Crippen molar-refractivity contribution in [2.45, 2.75) is 108 Å². The average Bonchev–Trinajstić information content (AvgIpc) is 2.38. The van der Waals surface area contributed by atoms with Crippen molar-refractivity contribution >= 4 is 0 Å². The minimum Gasteiger partial charge on any atom is -0.397 e. The molecule has 0 amide bonds. The Hall–Kier alpha value is 0.394. The van der Waals surface area contributed by atoms with Crippen molar-refractivity contribution in [3.05, 3.63) is 0 Å². The van der Waals surface area contributed by atoms with Crippen molar-refractivity contribution in [1.82, 2.24) is 0 Å². The van der Waals surface area contributed by atoms with Crippen molar-refractivity contribution < 1.29 is 62.6 Å². The van der Waals surface area contributed by atoms with Crippen molar-refractivity contribution in [3.63, 3.8) is 0 Å². The summed E-state index contributed by atoms with van der Waals surface area (Å²) in [7, 11) is 0. The van der Waals surface area contributed by atoms with Crippen LogP contribution in [0.2, 0.25) is 0 Å². The maximum absolute atomic E-state index is 8.06. The molecule has 0 aliphatic carbocycles. The zero-order valence-corrected chi connectivity index (χ0v) is 22.8. The fraction of sp³-hybridized carbons (Fsp3) is 1.00. The summed E-state index contributed by atoms with van der Waals surface area (Å²) < 4.78 is 0. The number of hydrogen-bond donors (Lipinski definition) is 8. The Balaban J connectivity index is -0.0000000225. The summed E-state index contributed by atoms with van der Waals surface area (Å²) in [5.41, 5.74) is 0. The van der Waals surface area contributed by atoms with Crippen LogP contribution < -0.4 is 0 Å². The van der Waals surface area contributed by atoms with Crippen LogP contribution >= 0.6 is 0 Å². The van der Waals surface area contributed by atoms with Crippen LogP contribution in [0, 0.1) is 0 Å². The maximum Gasteiger partial charge on any atom is 0.0483 e. The van der Waals surface area contributed by atoms with Crippen LogP contribution in [0.5, 0.6) is 0 Å². The molecule has 0 atom stereocenters. The molecule has 0 heterocycles.